The van der Waals surface area contributed by atoms with Crippen LogP contribution in [0, 0.1) is 0 Å². The first-order valence-corrected chi connectivity index (χ1v) is 10.1. The predicted octanol–water partition coefficient (Wildman–Crippen LogP) is 1.60. The highest BCUT2D eigenvalue weighted by Gasteiger charge is 2.35. The summed E-state index contributed by atoms with van der Waals surface area (Å²) in [6, 6.07) is 7.03. The van der Waals surface area contributed by atoms with E-state index in [2.05, 4.69) is 0 Å². The molecule has 0 aliphatic carbocycles. The monoisotopic (exact) mass is 362 g/mol. The highest BCUT2D eigenvalue weighted by molar-refractivity contribution is 7.91. The third-order valence-electron chi connectivity index (χ3n) is 4.99. The Labute approximate surface area is 148 Å². The normalized spacial score (nSPS) is 24.0. The maximum atomic E-state index is 12.8. The number of carbonyl (C=O) groups is 2. The van der Waals surface area contributed by atoms with E-state index in [4.69, 9.17) is 0 Å². The molecule has 0 bridgehead atoms. The number of amides is 2. The number of carbonyl (C=O) groups excluding carboxylic acids is 2. The van der Waals surface area contributed by atoms with Crippen LogP contribution in [0.4, 0.5) is 0 Å². The van der Waals surface area contributed by atoms with E-state index in [0.29, 0.717) is 6.42 Å². The van der Waals surface area contributed by atoms with Gasteiger partial charge in [-0.1, -0.05) is 24.3 Å². The van der Waals surface area contributed by atoms with Gasteiger partial charge in [0, 0.05) is 26.2 Å². The lowest BCUT2D eigenvalue weighted by Gasteiger charge is -2.34. The zero-order chi connectivity index (χ0) is 18.2. The molecule has 0 saturated carbocycles. The molecule has 2 aliphatic heterocycles. The fourth-order valence-corrected chi connectivity index (χ4v) is 5.28. The van der Waals surface area contributed by atoms with E-state index in [-0.39, 0.29) is 41.8 Å². The van der Waals surface area contributed by atoms with Crippen molar-refractivity contribution in [2.75, 3.05) is 18.6 Å². The van der Waals surface area contributed by atoms with Crippen molar-refractivity contribution in [1.29, 1.82) is 0 Å². The minimum absolute atomic E-state index is 0.0207. The molecule has 2 unspecified atom stereocenters. The van der Waals surface area contributed by atoms with Gasteiger partial charge >= 0.3 is 0 Å². The maximum Gasteiger partial charge on any atom is 0.225 e. The van der Waals surface area contributed by atoms with Gasteiger partial charge in [0.2, 0.25) is 11.8 Å². The first-order chi connectivity index (χ1) is 11.8. The number of benzene rings is 1. The van der Waals surface area contributed by atoms with E-state index < -0.39 is 9.84 Å². The molecular formula is C18H22N2O4S. The van der Waals surface area contributed by atoms with Gasteiger partial charge in [-0.25, -0.2) is 8.42 Å². The van der Waals surface area contributed by atoms with E-state index in [0.717, 1.165) is 11.1 Å². The Morgan fingerprint density at radius 2 is 2.00 bits per heavy atom. The second-order valence-corrected chi connectivity index (χ2v) is 8.88. The van der Waals surface area contributed by atoms with Crippen molar-refractivity contribution in [2.24, 2.45) is 0 Å². The minimum atomic E-state index is -3.05. The molecule has 1 fully saturated rings. The van der Waals surface area contributed by atoms with E-state index in [9.17, 15) is 18.0 Å². The average Bonchev–Trinajstić information content (AvgIpc) is 2.94. The summed E-state index contributed by atoms with van der Waals surface area (Å²) in [4.78, 5) is 27.8. The Morgan fingerprint density at radius 1 is 1.28 bits per heavy atom. The van der Waals surface area contributed by atoms with Crippen LogP contribution in [0.3, 0.4) is 0 Å². The van der Waals surface area contributed by atoms with E-state index in [1.54, 1.807) is 18.1 Å². The quantitative estimate of drug-likeness (QED) is 0.818. The van der Waals surface area contributed by atoms with Crippen molar-refractivity contribution in [3.63, 3.8) is 0 Å². The first-order valence-electron chi connectivity index (χ1n) is 8.30. The van der Waals surface area contributed by atoms with Gasteiger partial charge in [-0.3, -0.25) is 9.59 Å². The highest BCUT2D eigenvalue weighted by Crippen LogP contribution is 2.33. The topological polar surface area (TPSA) is 74.8 Å². The number of hydrogen-bond acceptors (Lipinski definition) is 4. The molecule has 0 N–H and O–H groups in total. The third-order valence-corrected chi connectivity index (χ3v) is 6.74. The fourth-order valence-electron chi connectivity index (χ4n) is 3.51. The van der Waals surface area contributed by atoms with Crippen LogP contribution in [0.5, 0.6) is 0 Å². The van der Waals surface area contributed by atoms with E-state index in [1.165, 1.54) is 11.8 Å². The summed E-state index contributed by atoms with van der Waals surface area (Å²) in [7, 11) is -1.40. The van der Waals surface area contributed by atoms with Crippen molar-refractivity contribution in [3.05, 3.63) is 41.6 Å². The maximum absolute atomic E-state index is 12.8. The first kappa shape index (κ1) is 17.7. The molecule has 0 radical (unpaired) electrons. The number of rotatable bonds is 3. The summed E-state index contributed by atoms with van der Waals surface area (Å²) in [6.45, 7) is 1.48. The molecule has 6 nitrogen and oxygen atoms in total. The van der Waals surface area contributed by atoms with E-state index in [1.807, 2.05) is 30.3 Å². The van der Waals surface area contributed by atoms with Crippen LogP contribution in [0.2, 0.25) is 0 Å². The summed E-state index contributed by atoms with van der Waals surface area (Å²) in [5.41, 5.74) is 1.92. The Morgan fingerprint density at radius 3 is 2.64 bits per heavy atom. The van der Waals surface area contributed by atoms with Crippen molar-refractivity contribution < 1.29 is 18.0 Å². The summed E-state index contributed by atoms with van der Waals surface area (Å²) >= 11 is 0. The molecule has 1 aromatic carbocycles. The fraction of sp³-hybridized carbons (Fsp3) is 0.444. The van der Waals surface area contributed by atoms with Gasteiger partial charge in [-0.15, -0.1) is 0 Å². The summed E-state index contributed by atoms with van der Waals surface area (Å²) in [5.74, 6) is -0.130. The van der Waals surface area contributed by atoms with E-state index >= 15 is 0 Å². The van der Waals surface area contributed by atoms with Crippen LogP contribution >= 0.6 is 0 Å². The molecule has 3 rings (SSSR count). The van der Waals surface area contributed by atoms with Gasteiger partial charge in [-0.2, -0.15) is 0 Å². The van der Waals surface area contributed by atoms with Gasteiger partial charge in [0.25, 0.3) is 0 Å². The summed E-state index contributed by atoms with van der Waals surface area (Å²) in [6.07, 6.45) is 4.18. The zero-order valence-electron chi connectivity index (χ0n) is 14.4. The van der Waals surface area contributed by atoms with Crippen LogP contribution < -0.4 is 0 Å². The Hall–Kier alpha value is -2.15. The molecular weight excluding hydrogens is 340 g/mol. The molecule has 2 atom stereocenters. The van der Waals surface area contributed by atoms with Gasteiger partial charge in [0.05, 0.1) is 24.0 Å². The van der Waals surface area contributed by atoms with Crippen LogP contribution in [-0.2, 0) is 19.4 Å². The van der Waals surface area contributed by atoms with Gasteiger partial charge in [0.15, 0.2) is 9.84 Å². The molecule has 2 heterocycles. The Balaban J connectivity index is 1.80. The lowest BCUT2D eigenvalue weighted by atomic mass is 9.93. The van der Waals surface area contributed by atoms with Crippen molar-refractivity contribution in [3.8, 4) is 0 Å². The molecule has 2 aliphatic rings. The lowest BCUT2D eigenvalue weighted by molar-refractivity contribution is -0.134. The third kappa shape index (κ3) is 3.61. The van der Waals surface area contributed by atoms with Crippen molar-refractivity contribution in [2.45, 2.75) is 31.8 Å². The number of hydrogen-bond donors (Lipinski definition) is 0. The van der Waals surface area contributed by atoms with Crippen LogP contribution in [0.15, 0.2) is 30.5 Å². The van der Waals surface area contributed by atoms with Crippen molar-refractivity contribution in [1.82, 2.24) is 9.80 Å². The number of sulfone groups is 1. The molecule has 1 saturated heterocycles. The summed E-state index contributed by atoms with van der Waals surface area (Å²) < 4.78 is 23.3. The molecule has 25 heavy (non-hydrogen) atoms. The average molecular weight is 362 g/mol. The van der Waals surface area contributed by atoms with Gasteiger partial charge in [-0.05, 0) is 23.6 Å². The molecule has 1 aromatic rings. The van der Waals surface area contributed by atoms with Crippen molar-refractivity contribution >= 4 is 27.7 Å². The summed E-state index contributed by atoms with van der Waals surface area (Å²) in [5, 5.41) is 0. The molecule has 2 amide bonds. The predicted molar refractivity (Wildman–Crippen MR) is 95.2 cm³/mol. The Kier molecular flexibility index (Phi) is 4.69. The molecule has 134 valence electrons. The SMILES string of the molecule is CC(=O)N1C=Cc2ccccc2C1CC(=O)N(C)C1CCS(=O)(=O)C1. The second kappa shape index (κ2) is 6.63. The lowest BCUT2D eigenvalue weighted by Crippen LogP contribution is -2.41. The number of nitrogens with zero attached hydrogens (tertiary/aromatic N) is 2. The minimum Gasteiger partial charge on any atom is -0.342 e. The largest absolute Gasteiger partial charge is 0.342 e. The Bertz CT molecular complexity index is 831. The standard InChI is InChI=1S/C18H22N2O4S/c1-13(21)20-9-7-14-5-3-4-6-16(14)17(20)11-18(22)19(2)15-8-10-25(23,24)12-15/h3-7,9,15,17H,8,10-12H2,1-2H3. The van der Waals surface area contributed by atoms with Crippen LogP contribution in [-0.4, -0.2) is 54.6 Å². The molecule has 0 spiro atoms. The van der Waals surface area contributed by atoms with Crippen LogP contribution in [0.1, 0.15) is 36.9 Å². The second-order valence-electron chi connectivity index (χ2n) is 6.65. The zero-order valence-corrected chi connectivity index (χ0v) is 15.2. The molecule has 7 heteroatoms. The number of fused-ring (bicyclic) bond motifs is 1. The highest BCUT2D eigenvalue weighted by atomic mass is 32.2. The van der Waals surface area contributed by atoms with Crippen LogP contribution in [0.25, 0.3) is 6.08 Å². The van der Waals surface area contributed by atoms with Gasteiger partial charge in [0.1, 0.15) is 0 Å². The smallest absolute Gasteiger partial charge is 0.225 e. The molecule has 0 aromatic heterocycles. The van der Waals surface area contributed by atoms with Gasteiger partial charge < -0.3 is 9.80 Å².